The maximum atomic E-state index is 10.7. The average Bonchev–Trinajstić information content (AvgIpc) is 2.57. The van der Waals surface area contributed by atoms with Crippen LogP contribution < -0.4 is 0 Å². The Balaban J connectivity index is 1.54. The summed E-state index contributed by atoms with van der Waals surface area (Å²) in [4.78, 5) is 12.7. The van der Waals surface area contributed by atoms with Crippen LogP contribution in [0.3, 0.4) is 0 Å². The van der Waals surface area contributed by atoms with Crippen LogP contribution >= 0.6 is 0 Å². The summed E-state index contributed by atoms with van der Waals surface area (Å²) in [7, 11) is 0. The molecule has 2 aromatic rings. The SMILES string of the molecule is O=[N+]([O-])c1ccc(CN2CCC(c3ccccc3)CC2)cc1. The molecule has 1 saturated heterocycles. The lowest BCUT2D eigenvalue weighted by Crippen LogP contribution is -2.32. The molecule has 4 nitrogen and oxygen atoms in total. The van der Waals surface area contributed by atoms with E-state index in [0.29, 0.717) is 5.92 Å². The number of nitrogens with zero attached hydrogens (tertiary/aromatic N) is 2. The molecule has 0 bridgehead atoms. The topological polar surface area (TPSA) is 46.4 Å². The van der Waals surface area contributed by atoms with Crippen LogP contribution in [0.1, 0.15) is 29.9 Å². The summed E-state index contributed by atoms with van der Waals surface area (Å²) in [5.74, 6) is 0.661. The number of likely N-dealkylation sites (tertiary alicyclic amines) is 1. The Kier molecular flexibility index (Phi) is 4.49. The van der Waals surface area contributed by atoms with Crippen LogP contribution in [0.5, 0.6) is 0 Å². The minimum Gasteiger partial charge on any atom is -0.299 e. The number of piperidine rings is 1. The first-order valence-electron chi connectivity index (χ1n) is 7.73. The van der Waals surface area contributed by atoms with E-state index in [-0.39, 0.29) is 10.6 Å². The first kappa shape index (κ1) is 14.7. The van der Waals surface area contributed by atoms with Gasteiger partial charge in [0.25, 0.3) is 5.69 Å². The number of nitro benzene ring substituents is 1. The van der Waals surface area contributed by atoms with E-state index in [1.807, 2.05) is 12.1 Å². The van der Waals surface area contributed by atoms with Crippen LogP contribution in [-0.2, 0) is 6.54 Å². The van der Waals surface area contributed by atoms with E-state index in [2.05, 4.69) is 35.2 Å². The third-order valence-corrected chi connectivity index (χ3v) is 4.41. The fourth-order valence-electron chi connectivity index (χ4n) is 3.13. The second kappa shape index (κ2) is 6.71. The molecule has 1 fully saturated rings. The summed E-state index contributed by atoms with van der Waals surface area (Å²) in [6.07, 6.45) is 2.36. The van der Waals surface area contributed by atoms with Crippen molar-refractivity contribution in [2.75, 3.05) is 13.1 Å². The molecule has 2 aromatic carbocycles. The molecule has 0 amide bonds. The number of rotatable bonds is 4. The third kappa shape index (κ3) is 3.52. The van der Waals surface area contributed by atoms with Gasteiger partial charge in [0.2, 0.25) is 0 Å². The van der Waals surface area contributed by atoms with Crippen LogP contribution in [0.4, 0.5) is 5.69 Å². The molecule has 0 radical (unpaired) electrons. The van der Waals surface area contributed by atoms with Crippen LogP contribution in [0.25, 0.3) is 0 Å². The maximum absolute atomic E-state index is 10.7. The summed E-state index contributed by atoms with van der Waals surface area (Å²) < 4.78 is 0. The second-order valence-corrected chi connectivity index (χ2v) is 5.88. The predicted molar refractivity (Wildman–Crippen MR) is 86.8 cm³/mol. The largest absolute Gasteiger partial charge is 0.299 e. The Morgan fingerprint density at radius 2 is 1.64 bits per heavy atom. The molecule has 0 aromatic heterocycles. The molecule has 3 rings (SSSR count). The molecule has 4 heteroatoms. The van der Waals surface area contributed by atoms with E-state index in [1.165, 1.54) is 18.4 Å². The summed E-state index contributed by atoms with van der Waals surface area (Å²) in [6.45, 7) is 3.03. The summed E-state index contributed by atoms with van der Waals surface area (Å²) >= 11 is 0. The highest BCUT2D eigenvalue weighted by Gasteiger charge is 2.20. The van der Waals surface area contributed by atoms with Crippen molar-refractivity contribution in [3.63, 3.8) is 0 Å². The van der Waals surface area contributed by atoms with E-state index < -0.39 is 0 Å². The molecule has 1 aliphatic rings. The standard InChI is InChI=1S/C18H20N2O2/c21-20(22)18-8-6-15(7-9-18)14-19-12-10-17(11-13-19)16-4-2-1-3-5-16/h1-9,17H,10-14H2. The highest BCUT2D eigenvalue weighted by Crippen LogP contribution is 2.28. The number of hydrogen-bond donors (Lipinski definition) is 0. The van der Waals surface area contributed by atoms with Crippen LogP contribution in [0, 0.1) is 10.1 Å². The van der Waals surface area contributed by atoms with Gasteiger partial charge in [0.15, 0.2) is 0 Å². The molecule has 0 saturated carbocycles. The minimum atomic E-state index is -0.352. The van der Waals surface area contributed by atoms with Crippen molar-refractivity contribution in [1.29, 1.82) is 0 Å². The third-order valence-electron chi connectivity index (χ3n) is 4.41. The van der Waals surface area contributed by atoms with Crippen molar-refractivity contribution < 1.29 is 4.92 Å². The van der Waals surface area contributed by atoms with E-state index >= 15 is 0 Å². The van der Waals surface area contributed by atoms with Crippen molar-refractivity contribution in [1.82, 2.24) is 4.90 Å². The van der Waals surface area contributed by atoms with Gasteiger partial charge in [-0.1, -0.05) is 42.5 Å². The lowest BCUT2D eigenvalue weighted by molar-refractivity contribution is -0.384. The smallest absolute Gasteiger partial charge is 0.269 e. The molecule has 1 heterocycles. The van der Waals surface area contributed by atoms with Gasteiger partial charge in [-0.3, -0.25) is 15.0 Å². The van der Waals surface area contributed by atoms with Gasteiger partial charge >= 0.3 is 0 Å². The van der Waals surface area contributed by atoms with Gasteiger partial charge in [-0.25, -0.2) is 0 Å². The van der Waals surface area contributed by atoms with Gasteiger partial charge in [-0.2, -0.15) is 0 Å². The van der Waals surface area contributed by atoms with Gasteiger partial charge in [0, 0.05) is 18.7 Å². The molecule has 0 unspecified atom stereocenters. The summed E-state index contributed by atoms with van der Waals surface area (Å²) in [5.41, 5.74) is 2.74. The Labute approximate surface area is 130 Å². The number of non-ortho nitro benzene ring substituents is 1. The lowest BCUT2D eigenvalue weighted by Gasteiger charge is -2.32. The van der Waals surface area contributed by atoms with Crippen molar-refractivity contribution in [3.8, 4) is 0 Å². The fraction of sp³-hybridized carbons (Fsp3) is 0.333. The Morgan fingerprint density at radius 1 is 1.00 bits per heavy atom. The van der Waals surface area contributed by atoms with Crippen molar-refractivity contribution >= 4 is 5.69 Å². The van der Waals surface area contributed by atoms with Crippen LogP contribution in [0.15, 0.2) is 54.6 Å². The number of benzene rings is 2. The van der Waals surface area contributed by atoms with Crippen LogP contribution in [-0.4, -0.2) is 22.9 Å². The highest BCUT2D eigenvalue weighted by atomic mass is 16.6. The van der Waals surface area contributed by atoms with E-state index in [4.69, 9.17) is 0 Å². The molecule has 1 aliphatic heterocycles. The Bertz CT molecular complexity index is 617. The van der Waals surface area contributed by atoms with Crippen LogP contribution in [0.2, 0.25) is 0 Å². The highest BCUT2D eigenvalue weighted by molar-refractivity contribution is 5.32. The van der Waals surface area contributed by atoms with E-state index in [0.717, 1.165) is 25.2 Å². The zero-order valence-electron chi connectivity index (χ0n) is 12.5. The normalized spacial score (nSPS) is 16.5. The molecular formula is C18H20N2O2. The molecule has 0 spiro atoms. The lowest BCUT2D eigenvalue weighted by atomic mass is 9.89. The maximum Gasteiger partial charge on any atom is 0.269 e. The zero-order valence-corrected chi connectivity index (χ0v) is 12.5. The monoisotopic (exact) mass is 296 g/mol. The zero-order chi connectivity index (χ0) is 15.4. The molecule has 0 atom stereocenters. The number of hydrogen-bond acceptors (Lipinski definition) is 3. The molecule has 0 aliphatic carbocycles. The molecule has 22 heavy (non-hydrogen) atoms. The average molecular weight is 296 g/mol. The summed E-state index contributed by atoms with van der Waals surface area (Å²) in [5, 5.41) is 10.7. The van der Waals surface area contributed by atoms with Crippen molar-refractivity contribution in [3.05, 3.63) is 75.8 Å². The molecule has 0 N–H and O–H groups in total. The van der Waals surface area contributed by atoms with Crippen molar-refractivity contribution in [2.45, 2.75) is 25.3 Å². The van der Waals surface area contributed by atoms with E-state index in [1.54, 1.807) is 12.1 Å². The first-order chi connectivity index (χ1) is 10.7. The molecule has 114 valence electrons. The Morgan fingerprint density at radius 3 is 2.23 bits per heavy atom. The van der Waals surface area contributed by atoms with Crippen molar-refractivity contribution in [2.24, 2.45) is 0 Å². The van der Waals surface area contributed by atoms with E-state index in [9.17, 15) is 10.1 Å². The summed E-state index contributed by atoms with van der Waals surface area (Å²) in [6, 6.07) is 17.6. The van der Waals surface area contributed by atoms with Gasteiger partial charge in [-0.15, -0.1) is 0 Å². The fourth-order valence-corrected chi connectivity index (χ4v) is 3.13. The predicted octanol–water partition coefficient (Wildman–Crippen LogP) is 3.97. The Hall–Kier alpha value is -2.20. The van der Waals surface area contributed by atoms with Gasteiger partial charge < -0.3 is 0 Å². The quantitative estimate of drug-likeness (QED) is 0.633. The second-order valence-electron chi connectivity index (χ2n) is 5.88. The minimum absolute atomic E-state index is 0.159. The first-order valence-corrected chi connectivity index (χ1v) is 7.73. The van der Waals surface area contributed by atoms with Gasteiger partial charge in [0.1, 0.15) is 0 Å². The van der Waals surface area contributed by atoms with Gasteiger partial charge in [-0.05, 0) is 43.0 Å². The number of nitro groups is 1. The van der Waals surface area contributed by atoms with Gasteiger partial charge in [0.05, 0.1) is 4.92 Å². The molecular weight excluding hydrogens is 276 g/mol.